The van der Waals surface area contributed by atoms with E-state index in [4.69, 9.17) is 23.2 Å². The van der Waals surface area contributed by atoms with E-state index in [1.807, 2.05) is 24.3 Å². The highest BCUT2D eigenvalue weighted by Crippen LogP contribution is 2.38. The highest BCUT2D eigenvalue weighted by atomic mass is 35.5. The number of carbonyl (C=O) groups is 1. The van der Waals surface area contributed by atoms with Crippen LogP contribution >= 0.6 is 23.2 Å². The molecule has 0 spiro atoms. The zero-order valence-corrected chi connectivity index (χ0v) is 17.7. The molecule has 0 bridgehead atoms. The lowest BCUT2D eigenvalue weighted by molar-refractivity contribution is 0.102. The largest absolute Gasteiger partial charge is 0.322 e. The molecule has 3 aromatic carbocycles. The van der Waals surface area contributed by atoms with Crippen LogP contribution in [0.25, 0.3) is 11.1 Å². The summed E-state index contributed by atoms with van der Waals surface area (Å²) in [6.07, 6.45) is 0.828. The van der Waals surface area contributed by atoms with E-state index in [9.17, 15) is 10.1 Å². The van der Waals surface area contributed by atoms with Crippen LogP contribution in [0.15, 0.2) is 60.7 Å². The lowest BCUT2D eigenvalue weighted by Crippen LogP contribution is -2.11. The van der Waals surface area contributed by atoms with Crippen LogP contribution in [0.5, 0.6) is 0 Å². The number of halogens is 2. The second-order valence-corrected chi connectivity index (χ2v) is 8.03. The molecular weight excluding hydrogens is 403 g/mol. The third-order valence-electron chi connectivity index (χ3n) is 4.48. The van der Waals surface area contributed by atoms with E-state index in [2.05, 4.69) is 25.2 Å². The average molecular weight is 423 g/mol. The van der Waals surface area contributed by atoms with E-state index >= 15 is 0 Å². The minimum Gasteiger partial charge on any atom is -0.322 e. The number of nitrogens with one attached hydrogen (secondary N) is 1. The predicted molar refractivity (Wildman–Crippen MR) is 120 cm³/mol. The molecule has 29 heavy (non-hydrogen) atoms. The Labute approximate surface area is 180 Å². The Morgan fingerprint density at radius 1 is 1.03 bits per heavy atom. The number of amides is 1. The minimum atomic E-state index is -0.240. The number of hydrogen-bond donors (Lipinski definition) is 1. The minimum absolute atomic E-state index is 0.240. The van der Waals surface area contributed by atoms with Crippen molar-refractivity contribution in [2.45, 2.75) is 20.3 Å². The fourth-order valence-corrected chi connectivity index (χ4v) is 3.87. The number of hydrogen-bond acceptors (Lipinski definition) is 2. The van der Waals surface area contributed by atoms with Gasteiger partial charge in [0.05, 0.1) is 21.7 Å². The van der Waals surface area contributed by atoms with E-state index in [1.54, 1.807) is 36.4 Å². The Morgan fingerprint density at radius 2 is 1.69 bits per heavy atom. The third-order valence-corrected chi connectivity index (χ3v) is 5.08. The van der Waals surface area contributed by atoms with Gasteiger partial charge < -0.3 is 5.32 Å². The molecule has 0 aliphatic heterocycles. The second-order valence-electron chi connectivity index (χ2n) is 7.22. The number of anilines is 1. The van der Waals surface area contributed by atoms with Crippen molar-refractivity contribution in [1.82, 2.24) is 0 Å². The van der Waals surface area contributed by atoms with Crippen molar-refractivity contribution in [3.05, 3.63) is 87.4 Å². The van der Waals surface area contributed by atoms with Crippen LogP contribution in [-0.2, 0) is 6.42 Å². The summed E-state index contributed by atoms with van der Waals surface area (Å²) >= 11 is 13.0. The van der Waals surface area contributed by atoms with Crippen molar-refractivity contribution < 1.29 is 4.79 Å². The smallest absolute Gasteiger partial charge is 0.255 e. The molecule has 1 N–H and O–H groups in total. The molecule has 0 aliphatic rings. The first-order chi connectivity index (χ1) is 13.9. The molecule has 5 heteroatoms. The zero-order valence-electron chi connectivity index (χ0n) is 16.2. The molecule has 1 amide bonds. The Kier molecular flexibility index (Phi) is 6.59. The van der Waals surface area contributed by atoms with Gasteiger partial charge in [-0.15, -0.1) is 0 Å². The summed E-state index contributed by atoms with van der Waals surface area (Å²) in [6, 6.07) is 20.2. The fraction of sp³-hybridized carbons (Fsp3) is 0.167. The molecule has 3 aromatic rings. The normalized spacial score (nSPS) is 10.6. The summed E-state index contributed by atoms with van der Waals surface area (Å²) in [5.74, 6) is 0.211. The van der Waals surface area contributed by atoms with Gasteiger partial charge in [0, 0.05) is 16.8 Å². The van der Waals surface area contributed by atoms with Gasteiger partial charge >= 0.3 is 0 Å². The number of carbonyl (C=O) groups excluding carboxylic acids is 1. The fourth-order valence-electron chi connectivity index (χ4n) is 3.17. The van der Waals surface area contributed by atoms with Gasteiger partial charge in [-0.3, -0.25) is 4.79 Å². The maximum atomic E-state index is 12.4. The summed E-state index contributed by atoms with van der Waals surface area (Å²) < 4.78 is 0. The van der Waals surface area contributed by atoms with Crippen LogP contribution < -0.4 is 5.32 Å². The van der Waals surface area contributed by atoms with Crippen LogP contribution in [0.1, 0.15) is 35.3 Å². The van der Waals surface area contributed by atoms with Gasteiger partial charge in [0.1, 0.15) is 0 Å². The quantitative estimate of drug-likeness (QED) is 0.481. The molecule has 0 aromatic heterocycles. The maximum absolute atomic E-state index is 12.4. The molecule has 3 nitrogen and oxygen atoms in total. The predicted octanol–water partition coefficient (Wildman–Crippen LogP) is 6.98. The first-order valence-electron chi connectivity index (χ1n) is 9.28. The molecule has 0 atom stereocenters. The Hall–Kier alpha value is -2.80. The van der Waals surface area contributed by atoms with E-state index < -0.39 is 0 Å². The topological polar surface area (TPSA) is 52.9 Å². The number of nitriles is 1. The molecule has 0 unspecified atom stereocenters. The summed E-state index contributed by atoms with van der Waals surface area (Å²) in [5.41, 5.74) is 4.08. The van der Waals surface area contributed by atoms with Gasteiger partial charge in [-0.1, -0.05) is 67.4 Å². The lowest BCUT2D eigenvalue weighted by atomic mass is 9.94. The SMILES string of the molecule is CC(C)Cc1ccc(-c2c(Cl)cc(NC(=O)c3ccccc3)cc2Cl)cc1C#N. The van der Waals surface area contributed by atoms with Crippen molar-refractivity contribution in [3.63, 3.8) is 0 Å². The summed E-state index contributed by atoms with van der Waals surface area (Å²) in [4.78, 5) is 12.4. The maximum Gasteiger partial charge on any atom is 0.255 e. The van der Waals surface area contributed by atoms with E-state index in [1.165, 1.54) is 0 Å². The second kappa shape index (κ2) is 9.13. The molecular formula is C24H20Cl2N2O. The standard InChI is InChI=1S/C24H20Cl2N2O/c1-15(2)10-17-8-9-18(11-19(17)14-27)23-21(25)12-20(13-22(23)26)28-24(29)16-6-4-3-5-7-16/h3-9,11-13,15H,10H2,1-2H3,(H,28,29). The van der Waals surface area contributed by atoms with Gasteiger partial charge in [0.15, 0.2) is 0 Å². The number of benzene rings is 3. The van der Waals surface area contributed by atoms with Gasteiger partial charge in [0.2, 0.25) is 0 Å². The molecule has 0 saturated heterocycles. The average Bonchev–Trinajstić information content (AvgIpc) is 2.68. The van der Waals surface area contributed by atoms with Gasteiger partial charge in [-0.2, -0.15) is 5.26 Å². The Bertz CT molecular complexity index is 1060. The van der Waals surface area contributed by atoms with Crippen molar-refractivity contribution in [2.75, 3.05) is 5.32 Å². The molecule has 146 valence electrons. The van der Waals surface area contributed by atoms with E-state index in [-0.39, 0.29) is 5.91 Å². The molecule has 0 radical (unpaired) electrons. The van der Waals surface area contributed by atoms with Crippen molar-refractivity contribution >= 4 is 34.8 Å². The van der Waals surface area contributed by atoms with Crippen LogP contribution in [0.3, 0.4) is 0 Å². The Morgan fingerprint density at radius 3 is 2.28 bits per heavy atom. The molecule has 0 heterocycles. The highest BCUT2D eigenvalue weighted by molar-refractivity contribution is 6.39. The molecule has 0 saturated carbocycles. The van der Waals surface area contributed by atoms with Crippen LogP contribution in [-0.4, -0.2) is 5.91 Å². The third kappa shape index (κ3) is 4.98. The van der Waals surface area contributed by atoms with E-state index in [0.29, 0.717) is 38.3 Å². The van der Waals surface area contributed by atoms with Gasteiger partial charge in [0.25, 0.3) is 5.91 Å². The first kappa shape index (κ1) is 20.9. The monoisotopic (exact) mass is 422 g/mol. The van der Waals surface area contributed by atoms with Gasteiger partial charge in [-0.05, 0) is 53.8 Å². The van der Waals surface area contributed by atoms with Gasteiger partial charge in [-0.25, -0.2) is 0 Å². The van der Waals surface area contributed by atoms with Crippen molar-refractivity contribution in [3.8, 4) is 17.2 Å². The van der Waals surface area contributed by atoms with Crippen LogP contribution in [0, 0.1) is 17.2 Å². The van der Waals surface area contributed by atoms with Crippen LogP contribution in [0.4, 0.5) is 5.69 Å². The zero-order chi connectivity index (χ0) is 21.0. The summed E-state index contributed by atoms with van der Waals surface area (Å²) in [5, 5.41) is 13.1. The Balaban J connectivity index is 1.92. The number of rotatable bonds is 5. The molecule has 0 aliphatic carbocycles. The van der Waals surface area contributed by atoms with Crippen molar-refractivity contribution in [1.29, 1.82) is 5.26 Å². The lowest BCUT2D eigenvalue weighted by Gasteiger charge is -2.13. The first-order valence-corrected chi connectivity index (χ1v) is 10.0. The number of nitrogens with zero attached hydrogens (tertiary/aromatic N) is 1. The summed E-state index contributed by atoms with van der Waals surface area (Å²) in [6.45, 7) is 4.23. The highest BCUT2D eigenvalue weighted by Gasteiger charge is 2.15. The molecule has 0 fully saturated rings. The van der Waals surface area contributed by atoms with Crippen LogP contribution in [0.2, 0.25) is 10.0 Å². The van der Waals surface area contributed by atoms with Crippen molar-refractivity contribution in [2.24, 2.45) is 5.92 Å². The van der Waals surface area contributed by atoms with E-state index in [0.717, 1.165) is 17.5 Å². The molecule has 3 rings (SSSR count). The summed E-state index contributed by atoms with van der Waals surface area (Å²) in [7, 11) is 0.